The lowest BCUT2D eigenvalue weighted by Crippen LogP contribution is -2.25. The van der Waals surface area contributed by atoms with E-state index in [9.17, 15) is 4.79 Å². The average molecular weight is 305 g/mol. The zero-order chi connectivity index (χ0) is 15.6. The molecule has 1 aromatic heterocycles. The molecule has 1 aromatic carbocycles. The minimum Gasteiger partial charge on any atom is -0.352 e. The minimum atomic E-state index is -0.158. The van der Waals surface area contributed by atoms with Gasteiger partial charge in [-0.05, 0) is 43.9 Å². The third kappa shape index (κ3) is 3.73. The number of nitrogens with one attached hydrogen (secondary N) is 1. The maximum atomic E-state index is 12.2. The van der Waals surface area contributed by atoms with E-state index in [0.717, 1.165) is 28.5 Å². The van der Waals surface area contributed by atoms with Crippen molar-refractivity contribution in [3.05, 3.63) is 40.0 Å². The van der Waals surface area contributed by atoms with Gasteiger partial charge in [0.2, 0.25) is 0 Å². The summed E-state index contributed by atoms with van der Waals surface area (Å²) in [7, 11) is 0. The van der Waals surface area contributed by atoms with Crippen molar-refractivity contribution in [2.24, 2.45) is 5.92 Å². The first-order valence-corrected chi connectivity index (χ1v) is 7.62. The van der Waals surface area contributed by atoms with E-state index >= 15 is 0 Å². The molecule has 0 saturated heterocycles. The number of carbonyl (C=O) groups is 1. The highest BCUT2D eigenvalue weighted by Gasteiger charge is 2.14. The van der Waals surface area contributed by atoms with Crippen LogP contribution < -0.4 is 5.32 Å². The summed E-state index contributed by atoms with van der Waals surface area (Å²) < 4.78 is 0. The van der Waals surface area contributed by atoms with Crippen LogP contribution in [-0.4, -0.2) is 17.4 Å². The Labute approximate surface area is 130 Å². The Morgan fingerprint density at radius 1 is 1.29 bits per heavy atom. The molecule has 1 amide bonds. The number of hydrogen-bond acceptors (Lipinski definition) is 2. The Balaban J connectivity index is 2.32. The highest BCUT2D eigenvalue weighted by molar-refractivity contribution is 6.33. The number of aromatic nitrogens is 1. The fourth-order valence-corrected chi connectivity index (χ4v) is 2.58. The number of fused-ring (bicyclic) bond motifs is 1. The molecule has 0 fully saturated rings. The Morgan fingerprint density at radius 3 is 2.67 bits per heavy atom. The number of aryl methyl sites for hydroxylation is 2. The number of halogens is 1. The van der Waals surface area contributed by atoms with Gasteiger partial charge in [-0.15, -0.1) is 0 Å². The first-order chi connectivity index (χ1) is 9.88. The fraction of sp³-hybridized carbons (Fsp3) is 0.412. The molecule has 0 spiro atoms. The van der Waals surface area contributed by atoms with Gasteiger partial charge in [0.1, 0.15) is 5.15 Å². The number of nitrogens with zero attached hydrogens (tertiary/aromatic N) is 1. The number of benzene rings is 1. The molecule has 4 heteroatoms. The van der Waals surface area contributed by atoms with Crippen molar-refractivity contribution in [1.82, 2.24) is 10.3 Å². The van der Waals surface area contributed by atoms with Gasteiger partial charge in [-0.25, -0.2) is 4.98 Å². The molecule has 0 aliphatic heterocycles. The van der Waals surface area contributed by atoms with Crippen LogP contribution in [0, 0.1) is 19.8 Å². The fourth-order valence-electron chi connectivity index (χ4n) is 2.36. The molecule has 0 bridgehead atoms. The maximum Gasteiger partial charge on any atom is 0.254 e. The van der Waals surface area contributed by atoms with Gasteiger partial charge in [-0.3, -0.25) is 4.79 Å². The molecular weight excluding hydrogens is 284 g/mol. The lowest BCUT2D eigenvalue weighted by atomic mass is 10.1. The summed E-state index contributed by atoms with van der Waals surface area (Å²) in [6, 6.07) is 5.92. The highest BCUT2D eigenvalue weighted by atomic mass is 35.5. The van der Waals surface area contributed by atoms with Crippen LogP contribution in [0.1, 0.15) is 41.8 Å². The monoisotopic (exact) mass is 304 g/mol. The van der Waals surface area contributed by atoms with E-state index < -0.39 is 0 Å². The van der Waals surface area contributed by atoms with Gasteiger partial charge in [0, 0.05) is 11.9 Å². The molecule has 0 unspecified atom stereocenters. The number of hydrogen-bond donors (Lipinski definition) is 1. The van der Waals surface area contributed by atoms with Crippen LogP contribution in [-0.2, 0) is 0 Å². The van der Waals surface area contributed by atoms with E-state index in [1.165, 1.54) is 0 Å². The lowest BCUT2D eigenvalue weighted by Gasteiger charge is -2.10. The first kappa shape index (κ1) is 15.8. The van der Waals surface area contributed by atoms with Gasteiger partial charge >= 0.3 is 0 Å². The van der Waals surface area contributed by atoms with Gasteiger partial charge in [-0.2, -0.15) is 0 Å². The Bertz CT molecular complexity index is 680. The van der Waals surface area contributed by atoms with Crippen LogP contribution in [0.25, 0.3) is 10.9 Å². The van der Waals surface area contributed by atoms with Gasteiger partial charge < -0.3 is 5.32 Å². The zero-order valence-electron chi connectivity index (χ0n) is 13.0. The molecule has 3 nitrogen and oxygen atoms in total. The SMILES string of the molecule is Cc1cc(C)c2nc(Cl)c(C(=O)NCCC(C)C)cc2c1. The normalized spacial score (nSPS) is 11.1. The standard InChI is InChI=1S/C17H21ClN2O/c1-10(2)5-6-19-17(21)14-9-13-8-11(3)7-12(4)15(13)20-16(14)18/h7-10H,5-6H2,1-4H3,(H,19,21). The summed E-state index contributed by atoms with van der Waals surface area (Å²) in [4.78, 5) is 16.6. The molecule has 0 saturated carbocycles. The summed E-state index contributed by atoms with van der Waals surface area (Å²) in [5.74, 6) is 0.398. The average Bonchev–Trinajstić information content (AvgIpc) is 2.38. The Kier molecular flexibility index (Phi) is 4.84. The predicted molar refractivity (Wildman–Crippen MR) is 88.0 cm³/mol. The van der Waals surface area contributed by atoms with Crippen LogP contribution in [0.2, 0.25) is 5.15 Å². The molecule has 0 atom stereocenters. The zero-order valence-corrected chi connectivity index (χ0v) is 13.7. The summed E-state index contributed by atoms with van der Waals surface area (Å²) in [6.45, 7) is 8.94. The van der Waals surface area contributed by atoms with Crippen molar-refractivity contribution >= 4 is 28.4 Å². The second-order valence-electron chi connectivity index (χ2n) is 5.92. The molecule has 0 aliphatic rings. The largest absolute Gasteiger partial charge is 0.352 e. The Hall–Kier alpha value is -1.61. The molecule has 1 N–H and O–H groups in total. The molecule has 112 valence electrons. The molecule has 21 heavy (non-hydrogen) atoms. The quantitative estimate of drug-likeness (QED) is 0.857. The molecule has 1 heterocycles. The van der Waals surface area contributed by atoms with Crippen LogP contribution in [0.15, 0.2) is 18.2 Å². The summed E-state index contributed by atoms with van der Waals surface area (Å²) in [5, 5.41) is 4.11. The van der Waals surface area contributed by atoms with Crippen molar-refractivity contribution < 1.29 is 4.79 Å². The smallest absolute Gasteiger partial charge is 0.254 e. The van der Waals surface area contributed by atoms with Crippen LogP contribution in [0.3, 0.4) is 0 Å². The van der Waals surface area contributed by atoms with Crippen LogP contribution >= 0.6 is 11.6 Å². The van der Waals surface area contributed by atoms with Crippen LogP contribution in [0.4, 0.5) is 0 Å². The summed E-state index contributed by atoms with van der Waals surface area (Å²) >= 11 is 6.18. The second kappa shape index (κ2) is 6.44. The summed E-state index contributed by atoms with van der Waals surface area (Å²) in [5.41, 5.74) is 3.51. The number of amides is 1. The summed E-state index contributed by atoms with van der Waals surface area (Å²) in [6.07, 6.45) is 0.947. The van der Waals surface area contributed by atoms with E-state index in [4.69, 9.17) is 11.6 Å². The number of rotatable bonds is 4. The number of pyridine rings is 1. The maximum absolute atomic E-state index is 12.2. The van der Waals surface area contributed by atoms with Gasteiger partial charge in [-0.1, -0.05) is 37.1 Å². The second-order valence-corrected chi connectivity index (χ2v) is 6.28. The van der Waals surface area contributed by atoms with Crippen molar-refractivity contribution in [3.8, 4) is 0 Å². The highest BCUT2D eigenvalue weighted by Crippen LogP contribution is 2.24. The lowest BCUT2D eigenvalue weighted by molar-refractivity contribution is 0.0952. The third-order valence-electron chi connectivity index (χ3n) is 3.46. The van der Waals surface area contributed by atoms with Gasteiger partial charge in [0.05, 0.1) is 11.1 Å². The van der Waals surface area contributed by atoms with Crippen molar-refractivity contribution in [2.45, 2.75) is 34.1 Å². The van der Waals surface area contributed by atoms with E-state index in [0.29, 0.717) is 18.0 Å². The van der Waals surface area contributed by atoms with Crippen molar-refractivity contribution in [3.63, 3.8) is 0 Å². The van der Waals surface area contributed by atoms with Crippen LogP contribution in [0.5, 0.6) is 0 Å². The molecular formula is C17H21ClN2O. The topological polar surface area (TPSA) is 42.0 Å². The molecule has 0 radical (unpaired) electrons. The Morgan fingerprint density at radius 2 is 2.00 bits per heavy atom. The molecule has 2 aromatic rings. The van der Waals surface area contributed by atoms with Crippen molar-refractivity contribution in [2.75, 3.05) is 6.54 Å². The van der Waals surface area contributed by atoms with Gasteiger partial charge in [0.15, 0.2) is 0 Å². The predicted octanol–water partition coefficient (Wildman–Crippen LogP) is 4.28. The minimum absolute atomic E-state index is 0.158. The van der Waals surface area contributed by atoms with E-state index in [1.54, 1.807) is 0 Å². The molecule has 0 aliphatic carbocycles. The van der Waals surface area contributed by atoms with Crippen molar-refractivity contribution in [1.29, 1.82) is 0 Å². The first-order valence-electron chi connectivity index (χ1n) is 7.24. The third-order valence-corrected chi connectivity index (χ3v) is 3.75. The number of carbonyl (C=O) groups excluding carboxylic acids is 1. The van der Waals surface area contributed by atoms with E-state index in [2.05, 4.69) is 30.2 Å². The van der Waals surface area contributed by atoms with Gasteiger partial charge in [0.25, 0.3) is 5.91 Å². The van der Waals surface area contributed by atoms with E-state index in [-0.39, 0.29) is 11.1 Å². The van der Waals surface area contributed by atoms with E-state index in [1.807, 2.05) is 26.0 Å². The molecule has 2 rings (SSSR count).